The molecule has 3 rings (SSSR count). The Bertz CT molecular complexity index is 849. The quantitative estimate of drug-likeness (QED) is 0.910. The van der Waals surface area contributed by atoms with E-state index in [2.05, 4.69) is 0 Å². The summed E-state index contributed by atoms with van der Waals surface area (Å²) in [7, 11) is -1.01. The van der Waals surface area contributed by atoms with Crippen LogP contribution in [0.2, 0.25) is 0 Å². The molecule has 2 atom stereocenters. The molecule has 0 aromatic heterocycles. The number of carbonyl (C=O) groups is 2. The van der Waals surface area contributed by atoms with Gasteiger partial charge in [-0.15, -0.1) is 0 Å². The maximum atomic E-state index is 12.9. The fourth-order valence-corrected chi connectivity index (χ4v) is 3.80. The van der Waals surface area contributed by atoms with E-state index in [9.17, 15) is 18.9 Å². The van der Waals surface area contributed by atoms with Crippen LogP contribution in [0.3, 0.4) is 0 Å². The molecule has 1 amide bonds. The standard InChI is InChI=1S/C19H19NO4S/c1-25(24)12-13-5-4-8-15(9-13)18(21)20-11-16-7-3-2-6-14(16)10-17(20)19(22)23/h2-9,17H,10-12H2,1H3,(H,22,23). The van der Waals surface area contributed by atoms with Crippen LogP contribution in [0.4, 0.5) is 0 Å². The lowest BCUT2D eigenvalue weighted by Crippen LogP contribution is -2.48. The Morgan fingerprint density at radius 1 is 1.16 bits per heavy atom. The molecule has 2 aromatic carbocycles. The molecule has 1 aliphatic heterocycles. The lowest BCUT2D eigenvalue weighted by Gasteiger charge is -2.34. The van der Waals surface area contributed by atoms with E-state index in [1.54, 1.807) is 24.5 Å². The number of aliphatic carboxylic acids is 1. The number of carboxylic acids is 1. The number of amides is 1. The zero-order chi connectivity index (χ0) is 18.0. The van der Waals surface area contributed by atoms with Gasteiger partial charge >= 0.3 is 5.97 Å². The van der Waals surface area contributed by atoms with Gasteiger partial charge in [-0.2, -0.15) is 0 Å². The summed E-state index contributed by atoms with van der Waals surface area (Å²) >= 11 is 0. The topological polar surface area (TPSA) is 74.7 Å². The van der Waals surface area contributed by atoms with E-state index in [0.717, 1.165) is 16.7 Å². The van der Waals surface area contributed by atoms with Crippen molar-refractivity contribution < 1.29 is 18.9 Å². The van der Waals surface area contributed by atoms with Crippen molar-refractivity contribution in [2.45, 2.75) is 24.8 Å². The molecule has 0 fully saturated rings. The molecule has 1 N–H and O–H groups in total. The number of rotatable bonds is 4. The highest BCUT2D eigenvalue weighted by Crippen LogP contribution is 2.25. The van der Waals surface area contributed by atoms with Crippen LogP contribution in [0.25, 0.3) is 0 Å². The van der Waals surface area contributed by atoms with Crippen LogP contribution in [0.15, 0.2) is 48.5 Å². The van der Waals surface area contributed by atoms with Gasteiger partial charge in [0.15, 0.2) is 0 Å². The Labute approximate surface area is 148 Å². The molecule has 6 heteroatoms. The smallest absolute Gasteiger partial charge is 0.326 e. The first kappa shape index (κ1) is 17.4. The van der Waals surface area contributed by atoms with E-state index in [4.69, 9.17) is 0 Å². The Morgan fingerprint density at radius 3 is 2.56 bits per heavy atom. The van der Waals surface area contributed by atoms with Crippen molar-refractivity contribution in [3.63, 3.8) is 0 Å². The minimum absolute atomic E-state index is 0.274. The lowest BCUT2D eigenvalue weighted by molar-refractivity contribution is -0.142. The van der Waals surface area contributed by atoms with Crippen molar-refractivity contribution in [1.82, 2.24) is 4.90 Å². The summed E-state index contributed by atoms with van der Waals surface area (Å²) in [6.45, 7) is 0.274. The summed E-state index contributed by atoms with van der Waals surface area (Å²) in [5.74, 6) is -0.953. The van der Waals surface area contributed by atoms with Gasteiger partial charge in [-0.3, -0.25) is 9.00 Å². The van der Waals surface area contributed by atoms with Gasteiger partial charge in [-0.05, 0) is 28.8 Å². The van der Waals surface area contributed by atoms with Crippen molar-refractivity contribution in [3.05, 3.63) is 70.8 Å². The molecule has 1 aliphatic rings. The Balaban J connectivity index is 1.92. The van der Waals surface area contributed by atoms with Crippen molar-refractivity contribution in [1.29, 1.82) is 0 Å². The molecule has 0 bridgehead atoms. The third-order valence-corrected chi connectivity index (χ3v) is 5.08. The number of fused-ring (bicyclic) bond motifs is 1. The normalized spacial score (nSPS) is 17.6. The SMILES string of the molecule is CS(=O)Cc1cccc(C(=O)N2Cc3ccccc3CC2C(=O)O)c1. The van der Waals surface area contributed by atoms with Crippen LogP contribution in [0.5, 0.6) is 0 Å². The van der Waals surface area contributed by atoms with Gasteiger partial charge in [0.1, 0.15) is 6.04 Å². The molecule has 0 aliphatic carbocycles. The molecule has 0 saturated heterocycles. The van der Waals surface area contributed by atoms with Gasteiger partial charge in [-0.25, -0.2) is 4.79 Å². The summed E-state index contributed by atoms with van der Waals surface area (Å²) < 4.78 is 11.4. The van der Waals surface area contributed by atoms with Gasteiger partial charge in [-0.1, -0.05) is 36.4 Å². The number of carboxylic acid groups (broad SMARTS) is 1. The molecule has 25 heavy (non-hydrogen) atoms. The van der Waals surface area contributed by atoms with Crippen LogP contribution in [0.1, 0.15) is 27.0 Å². The van der Waals surface area contributed by atoms with Crippen molar-refractivity contribution in [2.75, 3.05) is 6.26 Å². The maximum absolute atomic E-state index is 12.9. The van der Waals surface area contributed by atoms with Crippen LogP contribution in [-0.2, 0) is 34.3 Å². The molecular weight excluding hydrogens is 338 g/mol. The lowest BCUT2D eigenvalue weighted by atomic mass is 9.93. The van der Waals surface area contributed by atoms with E-state index in [1.807, 2.05) is 30.3 Å². The average molecular weight is 357 g/mol. The summed E-state index contributed by atoms with van der Waals surface area (Å²) in [6, 6.07) is 13.6. The number of nitrogens with zero attached hydrogens (tertiary/aromatic N) is 1. The number of hydrogen-bond donors (Lipinski definition) is 1. The average Bonchev–Trinajstić information content (AvgIpc) is 2.59. The van der Waals surface area contributed by atoms with E-state index in [0.29, 0.717) is 17.7 Å². The fourth-order valence-electron chi connectivity index (χ4n) is 3.15. The van der Waals surface area contributed by atoms with E-state index >= 15 is 0 Å². The highest BCUT2D eigenvalue weighted by molar-refractivity contribution is 7.83. The number of hydrogen-bond acceptors (Lipinski definition) is 3. The van der Waals surface area contributed by atoms with E-state index in [1.165, 1.54) is 4.90 Å². The van der Waals surface area contributed by atoms with E-state index in [-0.39, 0.29) is 12.5 Å². The number of carbonyl (C=O) groups excluding carboxylic acids is 1. The van der Waals surface area contributed by atoms with Gasteiger partial charge in [0.2, 0.25) is 0 Å². The Hall–Kier alpha value is -2.47. The first-order valence-electron chi connectivity index (χ1n) is 7.95. The molecule has 2 unspecified atom stereocenters. The first-order chi connectivity index (χ1) is 12.0. The van der Waals surface area contributed by atoms with E-state index < -0.39 is 22.8 Å². The molecule has 0 radical (unpaired) electrons. The summed E-state index contributed by atoms with van der Waals surface area (Å²) in [4.78, 5) is 26.0. The van der Waals surface area contributed by atoms with Crippen LogP contribution < -0.4 is 0 Å². The zero-order valence-corrected chi connectivity index (χ0v) is 14.7. The van der Waals surface area contributed by atoms with Gasteiger partial charge < -0.3 is 10.0 Å². The minimum Gasteiger partial charge on any atom is -0.480 e. The number of benzene rings is 2. The molecule has 1 heterocycles. The molecule has 5 nitrogen and oxygen atoms in total. The third-order valence-electron chi connectivity index (χ3n) is 4.34. The van der Waals surface area contributed by atoms with Crippen LogP contribution in [-0.4, -0.2) is 38.4 Å². The van der Waals surface area contributed by atoms with Crippen molar-refractivity contribution in [2.24, 2.45) is 0 Å². The second-order valence-electron chi connectivity index (χ2n) is 6.18. The predicted octanol–water partition coefficient (Wildman–Crippen LogP) is 2.22. The van der Waals surface area contributed by atoms with Gasteiger partial charge in [0, 0.05) is 41.3 Å². The summed E-state index contributed by atoms with van der Waals surface area (Å²) in [6.07, 6.45) is 1.91. The summed E-state index contributed by atoms with van der Waals surface area (Å²) in [5, 5.41) is 9.57. The second-order valence-corrected chi connectivity index (χ2v) is 7.61. The molecule has 2 aromatic rings. The van der Waals surface area contributed by atoms with Gasteiger partial charge in [0.05, 0.1) is 0 Å². The molecule has 0 spiro atoms. The molecular formula is C19H19NO4S. The monoisotopic (exact) mass is 357 g/mol. The highest BCUT2D eigenvalue weighted by Gasteiger charge is 2.34. The maximum Gasteiger partial charge on any atom is 0.326 e. The Morgan fingerprint density at radius 2 is 1.88 bits per heavy atom. The Kier molecular flexibility index (Phi) is 4.99. The minimum atomic E-state index is -1.01. The largest absolute Gasteiger partial charge is 0.480 e. The fraction of sp³-hybridized carbons (Fsp3) is 0.263. The zero-order valence-electron chi connectivity index (χ0n) is 13.8. The molecule has 0 saturated carbocycles. The van der Waals surface area contributed by atoms with Crippen LogP contribution >= 0.6 is 0 Å². The highest BCUT2D eigenvalue weighted by atomic mass is 32.2. The van der Waals surface area contributed by atoms with Crippen molar-refractivity contribution in [3.8, 4) is 0 Å². The van der Waals surface area contributed by atoms with Crippen LogP contribution in [0, 0.1) is 0 Å². The van der Waals surface area contributed by atoms with Crippen molar-refractivity contribution >= 4 is 22.7 Å². The first-order valence-corrected chi connectivity index (χ1v) is 9.68. The third kappa shape index (κ3) is 3.79. The predicted molar refractivity (Wildman–Crippen MR) is 95.7 cm³/mol. The van der Waals surface area contributed by atoms with Gasteiger partial charge in [0.25, 0.3) is 5.91 Å². The second kappa shape index (κ2) is 7.19. The summed E-state index contributed by atoms with van der Waals surface area (Å²) in [5.41, 5.74) is 3.16. The molecule has 130 valence electrons.